The normalized spacial score (nSPS) is 10.8. The van der Waals surface area contributed by atoms with E-state index >= 15 is 0 Å². The Bertz CT molecular complexity index is 876. The van der Waals surface area contributed by atoms with E-state index in [9.17, 15) is 14.8 Å². The minimum absolute atomic E-state index is 0.142. The average molecular weight is 306 g/mol. The molecule has 0 aromatic carbocycles. The molecule has 3 aromatic rings. The number of hydrogen-bond donors (Lipinski definition) is 0. The van der Waals surface area contributed by atoms with Gasteiger partial charge in [0.25, 0.3) is 17.3 Å². The van der Waals surface area contributed by atoms with Crippen LogP contribution in [0.5, 0.6) is 0 Å². The topological polar surface area (TPSA) is 165 Å². The van der Waals surface area contributed by atoms with Crippen molar-refractivity contribution in [2.24, 2.45) is 0 Å². The number of carbonyl (C=O) groups excluding carboxylic acids is 2. The summed E-state index contributed by atoms with van der Waals surface area (Å²) in [5, 5.41) is 28.5. The molecule has 112 valence electrons. The first-order valence-electron chi connectivity index (χ1n) is 5.78. The van der Waals surface area contributed by atoms with Crippen LogP contribution in [0.3, 0.4) is 0 Å². The van der Waals surface area contributed by atoms with Crippen LogP contribution in [0.4, 0.5) is 0 Å². The third-order valence-corrected chi connectivity index (χ3v) is 2.78. The molecule has 0 spiro atoms. The van der Waals surface area contributed by atoms with Crippen molar-refractivity contribution in [3.8, 4) is 0 Å². The number of aromatic nitrogens is 6. The van der Waals surface area contributed by atoms with Crippen LogP contribution in [-0.4, -0.2) is 37.3 Å². The summed E-state index contributed by atoms with van der Waals surface area (Å²) >= 11 is 0. The van der Waals surface area contributed by atoms with E-state index in [0.717, 1.165) is 0 Å². The maximum atomic E-state index is 12.3. The molecule has 0 aliphatic rings. The van der Waals surface area contributed by atoms with E-state index in [0.29, 0.717) is 0 Å². The molecule has 12 heteroatoms. The fourth-order valence-electron chi connectivity index (χ4n) is 1.69. The van der Waals surface area contributed by atoms with E-state index in [1.54, 1.807) is 0 Å². The predicted molar refractivity (Wildman–Crippen MR) is 60.4 cm³/mol. The van der Waals surface area contributed by atoms with Gasteiger partial charge in [-0.2, -0.15) is 0 Å². The van der Waals surface area contributed by atoms with Gasteiger partial charge in [-0.3, -0.25) is 14.2 Å². The number of nitrogens with zero attached hydrogens (tertiary/aromatic N) is 6. The van der Waals surface area contributed by atoms with Gasteiger partial charge in [0.05, 0.1) is 5.16 Å². The monoisotopic (exact) mass is 306 g/mol. The van der Waals surface area contributed by atoms with Gasteiger partial charge < -0.3 is 5.21 Å². The Morgan fingerprint density at radius 1 is 0.864 bits per heavy atom. The van der Waals surface area contributed by atoms with Crippen LogP contribution >= 0.6 is 0 Å². The maximum absolute atomic E-state index is 12.3. The first kappa shape index (κ1) is 13.5. The molecule has 12 nitrogen and oxygen atoms in total. The van der Waals surface area contributed by atoms with Crippen molar-refractivity contribution in [3.05, 3.63) is 39.4 Å². The molecule has 0 atom stereocenters. The third kappa shape index (κ3) is 1.93. The molecule has 0 saturated carbocycles. The van der Waals surface area contributed by atoms with Gasteiger partial charge in [0, 0.05) is 0 Å². The fraction of sp³-hybridized carbons (Fsp3) is 0.200. The van der Waals surface area contributed by atoms with Crippen LogP contribution in [0.1, 0.15) is 43.8 Å². The van der Waals surface area contributed by atoms with Crippen LogP contribution in [0.2, 0.25) is 0 Å². The maximum Gasteiger partial charge on any atom is 0.302 e. The summed E-state index contributed by atoms with van der Waals surface area (Å²) in [7, 11) is 0. The second-order valence-electron chi connectivity index (χ2n) is 4.18. The summed E-state index contributed by atoms with van der Waals surface area (Å²) in [5.74, 6) is -1.78. The van der Waals surface area contributed by atoms with Gasteiger partial charge in [0.15, 0.2) is 11.4 Å². The number of aryl methyl sites for hydroxylation is 2. The highest BCUT2D eigenvalue weighted by molar-refractivity contribution is 6.16. The molecule has 0 aliphatic heterocycles. The zero-order valence-electron chi connectivity index (χ0n) is 11.1. The van der Waals surface area contributed by atoms with Gasteiger partial charge >= 0.3 is 5.69 Å². The Kier molecular flexibility index (Phi) is 2.98. The van der Waals surface area contributed by atoms with Gasteiger partial charge in [0.2, 0.25) is 0 Å². The van der Waals surface area contributed by atoms with Gasteiger partial charge in [-0.15, -0.1) is 0 Å². The Hall–Kier alpha value is -3.44. The highest BCUT2D eigenvalue weighted by atomic mass is 16.8. The summed E-state index contributed by atoms with van der Waals surface area (Å²) in [6.45, 7) is 2.90. The molecule has 0 unspecified atom stereocenters. The SMILES string of the molecule is Cc1nonc1C(=O)c1no[n+]([O-])c1C(=O)c1nonc1C. The molecule has 3 aromatic heterocycles. The van der Waals surface area contributed by atoms with Crippen LogP contribution < -0.4 is 4.90 Å². The third-order valence-electron chi connectivity index (χ3n) is 2.78. The van der Waals surface area contributed by atoms with Crippen LogP contribution in [-0.2, 0) is 0 Å². The van der Waals surface area contributed by atoms with Crippen molar-refractivity contribution in [2.45, 2.75) is 13.8 Å². The summed E-state index contributed by atoms with van der Waals surface area (Å²) < 4.78 is 13.1. The summed E-state index contributed by atoms with van der Waals surface area (Å²) in [6.07, 6.45) is 0. The molecule has 0 N–H and O–H groups in total. The molecule has 3 heterocycles. The fourth-order valence-corrected chi connectivity index (χ4v) is 1.69. The van der Waals surface area contributed by atoms with Crippen molar-refractivity contribution in [1.29, 1.82) is 0 Å². The largest absolute Gasteiger partial charge is 0.359 e. The van der Waals surface area contributed by atoms with Crippen LogP contribution in [0, 0.1) is 19.1 Å². The highest BCUT2D eigenvalue weighted by Gasteiger charge is 2.37. The Morgan fingerprint density at radius 3 is 1.91 bits per heavy atom. The molecule has 0 radical (unpaired) electrons. The first-order valence-corrected chi connectivity index (χ1v) is 5.78. The van der Waals surface area contributed by atoms with E-state index in [1.165, 1.54) is 13.8 Å². The van der Waals surface area contributed by atoms with E-state index in [4.69, 9.17) is 0 Å². The van der Waals surface area contributed by atoms with Gasteiger partial charge in [0.1, 0.15) is 11.4 Å². The van der Waals surface area contributed by atoms with Gasteiger partial charge in [-0.1, -0.05) is 10.3 Å². The molecular weight excluding hydrogens is 300 g/mol. The Balaban J connectivity index is 2.09. The number of hydrogen-bond acceptors (Lipinski definition) is 11. The molecule has 0 amide bonds. The van der Waals surface area contributed by atoms with Crippen LogP contribution in [0.25, 0.3) is 0 Å². The van der Waals surface area contributed by atoms with Crippen molar-refractivity contribution in [1.82, 2.24) is 25.8 Å². The minimum atomic E-state index is -0.924. The van der Waals surface area contributed by atoms with E-state index < -0.39 is 23.0 Å². The lowest BCUT2D eigenvalue weighted by Gasteiger charge is -1.94. The summed E-state index contributed by atoms with van der Waals surface area (Å²) in [4.78, 5) is 24.4. The summed E-state index contributed by atoms with van der Waals surface area (Å²) in [6, 6.07) is 0. The minimum Gasteiger partial charge on any atom is -0.359 e. The van der Waals surface area contributed by atoms with Crippen molar-refractivity contribution < 1.29 is 28.4 Å². The number of carbonyl (C=O) groups is 2. The second kappa shape index (κ2) is 4.83. The molecule has 0 saturated heterocycles. The molecule has 0 fully saturated rings. The lowest BCUT2D eigenvalue weighted by molar-refractivity contribution is -0.803. The quantitative estimate of drug-likeness (QED) is 0.435. The van der Waals surface area contributed by atoms with Gasteiger partial charge in [-0.25, -0.2) is 9.26 Å². The second-order valence-corrected chi connectivity index (χ2v) is 4.18. The van der Waals surface area contributed by atoms with E-state index in [2.05, 4.69) is 39.7 Å². The number of ketones is 2. The zero-order valence-corrected chi connectivity index (χ0v) is 11.1. The van der Waals surface area contributed by atoms with Gasteiger partial charge in [-0.05, 0) is 29.1 Å². The van der Waals surface area contributed by atoms with E-state index in [-0.39, 0.29) is 27.7 Å². The zero-order chi connectivity index (χ0) is 15.9. The van der Waals surface area contributed by atoms with Crippen molar-refractivity contribution in [3.63, 3.8) is 0 Å². The smallest absolute Gasteiger partial charge is 0.302 e. The lowest BCUT2D eigenvalue weighted by Crippen LogP contribution is -2.33. The lowest BCUT2D eigenvalue weighted by atomic mass is 10.1. The standard InChI is InChI=1S/C10H6N6O6/c1-3-5(13-20-11-3)9(17)7-8(16(19)22-15-7)10(18)6-4(2)12-21-14-6/h1-2H3. The predicted octanol–water partition coefficient (Wildman–Crippen LogP) is -0.847. The van der Waals surface area contributed by atoms with E-state index in [1.807, 2.05) is 0 Å². The summed E-state index contributed by atoms with van der Waals surface area (Å²) in [5.41, 5.74) is -1.32. The van der Waals surface area contributed by atoms with Crippen LogP contribution in [0.15, 0.2) is 13.9 Å². The van der Waals surface area contributed by atoms with Crippen molar-refractivity contribution >= 4 is 11.6 Å². The Labute approximate surface area is 120 Å². The van der Waals surface area contributed by atoms with Crippen molar-refractivity contribution in [2.75, 3.05) is 0 Å². The Morgan fingerprint density at radius 2 is 1.41 bits per heavy atom. The molecule has 22 heavy (non-hydrogen) atoms. The molecule has 0 aliphatic carbocycles. The highest BCUT2D eigenvalue weighted by Crippen LogP contribution is 2.15. The molecular formula is C10H6N6O6. The molecule has 3 rings (SSSR count). The average Bonchev–Trinajstić information content (AvgIpc) is 3.18. The first-order chi connectivity index (χ1) is 10.5. The molecule has 0 bridgehead atoms. The number of rotatable bonds is 4.